The number of para-hydroxylation sites is 1. The number of ether oxygens (including phenoxy) is 1. The van der Waals surface area contributed by atoms with E-state index in [4.69, 9.17) is 4.74 Å². The van der Waals surface area contributed by atoms with Gasteiger partial charge in [0.2, 0.25) is 5.91 Å². The molecule has 0 aliphatic heterocycles. The van der Waals surface area contributed by atoms with E-state index in [2.05, 4.69) is 10.6 Å². The molecule has 3 N–H and O–H groups in total. The summed E-state index contributed by atoms with van der Waals surface area (Å²) in [4.78, 5) is 24.2. The highest BCUT2D eigenvalue weighted by Crippen LogP contribution is 2.16. The van der Waals surface area contributed by atoms with Crippen molar-refractivity contribution in [2.75, 3.05) is 11.9 Å². The minimum Gasteiger partial charge on any atom is -0.508 e. The number of hydrogen-bond acceptors (Lipinski definition) is 4. The third-order valence-electron chi connectivity index (χ3n) is 4.15. The van der Waals surface area contributed by atoms with Gasteiger partial charge in [-0.15, -0.1) is 0 Å². The largest absolute Gasteiger partial charge is 0.508 e. The summed E-state index contributed by atoms with van der Waals surface area (Å²) in [5.41, 5.74) is 1.89. The van der Waals surface area contributed by atoms with E-state index in [9.17, 15) is 14.7 Å². The van der Waals surface area contributed by atoms with E-state index in [0.29, 0.717) is 24.4 Å². The highest BCUT2D eigenvalue weighted by molar-refractivity contribution is 6.04. The molecule has 0 fully saturated rings. The minimum absolute atomic E-state index is 0.0862. The van der Waals surface area contributed by atoms with Gasteiger partial charge in [0.15, 0.2) is 0 Å². The van der Waals surface area contributed by atoms with Crippen LogP contribution in [0.2, 0.25) is 0 Å². The summed E-state index contributed by atoms with van der Waals surface area (Å²) >= 11 is 0. The fourth-order valence-corrected chi connectivity index (χ4v) is 2.63. The van der Waals surface area contributed by atoms with Gasteiger partial charge in [-0.05, 0) is 42.0 Å². The van der Waals surface area contributed by atoms with Crippen molar-refractivity contribution < 1.29 is 19.4 Å². The van der Waals surface area contributed by atoms with Crippen LogP contribution in [-0.2, 0) is 11.3 Å². The molecule has 6 heteroatoms. The first kappa shape index (κ1) is 19.9. The van der Waals surface area contributed by atoms with Crippen molar-refractivity contribution in [3.8, 4) is 11.5 Å². The summed E-state index contributed by atoms with van der Waals surface area (Å²) < 4.78 is 5.51. The lowest BCUT2D eigenvalue weighted by Crippen LogP contribution is -2.24. The Bertz CT molecular complexity index is 956. The number of anilines is 1. The fourth-order valence-electron chi connectivity index (χ4n) is 2.63. The first-order valence-corrected chi connectivity index (χ1v) is 9.24. The lowest BCUT2D eigenvalue weighted by atomic mass is 10.1. The van der Waals surface area contributed by atoms with Gasteiger partial charge in [0.25, 0.3) is 5.91 Å². The second kappa shape index (κ2) is 9.94. The number of hydrogen-bond donors (Lipinski definition) is 3. The number of amides is 2. The van der Waals surface area contributed by atoms with Gasteiger partial charge in [0, 0.05) is 23.9 Å². The Labute approximate surface area is 169 Å². The van der Waals surface area contributed by atoms with Crippen LogP contribution in [0.15, 0.2) is 78.9 Å². The maximum absolute atomic E-state index is 12.3. The molecule has 0 spiro atoms. The number of nitrogens with one attached hydrogen (secondary N) is 2. The van der Waals surface area contributed by atoms with Crippen LogP contribution in [-0.4, -0.2) is 23.5 Å². The second-order valence-corrected chi connectivity index (χ2v) is 6.39. The molecule has 0 aliphatic carbocycles. The van der Waals surface area contributed by atoms with E-state index in [1.54, 1.807) is 36.4 Å². The van der Waals surface area contributed by atoms with Gasteiger partial charge < -0.3 is 20.5 Å². The second-order valence-electron chi connectivity index (χ2n) is 6.39. The summed E-state index contributed by atoms with van der Waals surface area (Å²) in [6.07, 6.45) is 0.263. The Morgan fingerprint density at radius 1 is 0.897 bits per heavy atom. The van der Waals surface area contributed by atoms with Crippen molar-refractivity contribution in [3.05, 3.63) is 90.0 Å². The Balaban J connectivity index is 1.42. The highest BCUT2D eigenvalue weighted by Gasteiger charge is 2.07. The third kappa shape index (κ3) is 6.39. The molecule has 3 aromatic carbocycles. The summed E-state index contributed by atoms with van der Waals surface area (Å²) in [7, 11) is 0. The SMILES string of the molecule is O=C(CCOc1ccccc1)NCc1ccc(C(=O)Nc2cccc(O)c2)cc1. The number of rotatable bonds is 8. The van der Waals surface area contributed by atoms with Crippen LogP contribution in [0.4, 0.5) is 5.69 Å². The van der Waals surface area contributed by atoms with E-state index in [1.807, 2.05) is 30.3 Å². The van der Waals surface area contributed by atoms with E-state index in [1.165, 1.54) is 12.1 Å². The lowest BCUT2D eigenvalue weighted by Gasteiger charge is -2.09. The van der Waals surface area contributed by atoms with Gasteiger partial charge in [-0.25, -0.2) is 0 Å². The molecule has 0 aromatic heterocycles. The Morgan fingerprint density at radius 2 is 1.66 bits per heavy atom. The van der Waals surface area contributed by atoms with Gasteiger partial charge >= 0.3 is 0 Å². The van der Waals surface area contributed by atoms with E-state index < -0.39 is 0 Å². The zero-order chi connectivity index (χ0) is 20.5. The first-order chi connectivity index (χ1) is 14.1. The van der Waals surface area contributed by atoms with Crippen molar-refractivity contribution in [3.63, 3.8) is 0 Å². The zero-order valence-electron chi connectivity index (χ0n) is 15.8. The molecule has 3 rings (SSSR count). The van der Waals surface area contributed by atoms with Crippen LogP contribution in [0.3, 0.4) is 0 Å². The maximum Gasteiger partial charge on any atom is 0.255 e. The molecule has 0 heterocycles. The average molecular weight is 390 g/mol. The van der Waals surface area contributed by atoms with Gasteiger partial charge in [0.05, 0.1) is 13.0 Å². The van der Waals surface area contributed by atoms with Crippen LogP contribution in [0.5, 0.6) is 11.5 Å². The molecule has 0 bridgehead atoms. The number of phenolic OH excluding ortho intramolecular Hbond substituents is 1. The molecule has 0 radical (unpaired) electrons. The standard InChI is InChI=1S/C23H22N2O4/c26-20-6-4-5-19(15-20)25-23(28)18-11-9-17(10-12-18)16-24-22(27)13-14-29-21-7-2-1-3-8-21/h1-12,15,26H,13-14,16H2,(H,24,27)(H,25,28). The summed E-state index contributed by atoms with van der Waals surface area (Å²) in [6.45, 7) is 0.683. The minimum atomic E-state index is -0.274. The normalized spacial score (nSPS) is 10.2. The van der Waals surface area contributed by atoms with Gasteiger partial charge in [-0.2, -0.15) is 0 Å². The molecule has 0 saturated carbocycles. The number of carbonyl (C=O) groups excluding carboxylic acids is 2. The number of phenols is 1. The van der Waals surface area contributed by atoms with Crippen molar-refractivity contribution in [1.82, 2.24) is 5.32 Å². The monoisotopic (exact) mass is 390 g/mol. The Morgan fingerprint density at radius 3 is 2.38 bits per heavy atom. The van der Waals surface area contributed by atoms with E-state index in [0.717, 1.165) is 11.3 Å². The van der Waals surface area contributed by atoms with Crippen LogP contribution < -0.4 is 15.4 Å². The molecule has 0 atom stereocenters. The summed E-state index contributed by atoms with van der Waals surface area (Å²) in [5, 5.41) is 15.0. The Hall–Kier alpha value is -3.80. The highest BCUT2D eigenvalue weighted by atomic mass is 16.5. The molecule has 0 unspecified atom stereocenters. The average Bonchev–Trinajstić information content (AvgIpc) is 2.73. The molecular formula is C23H22N2O4. The summed E-state index contributed by atoms with van der Waals surface area (Å²) in [5.74, 6) is 0.443. The molecule has 0 aliphatic rings. The molecule has 2 amide bonds. The molecule has 0 saturated heterocycles. The van der Waals surface area contributed by atoms with E-state index in [-0.39, 0.29) is 24.0 Å². The predicted molar refractivity (Wildman–Crippen MR) is 111 cm³/mol. The summed E-state index contributed by atoms with van der Waals surface area (Å²) in [6, 6.07) is 22.7. The van der Waals surface area contributed by atoms with Crippen molar-refractivity contribution in [2.45, 2.75) is 13.0 Å². The molecule has 148 valence electrons. The number of carbonyl (C=O) groups is 2. The third-order valence-corrected chi connectivity index (χ3v) is 4.15. The van der Waals surface area contributed by atoms with Crippen LogP contribution >= 0.6 is 0 Å². The molecule has 29 heavy (non-hydrogen) atoms. The van der Waals surface area contributed by atoms with E-state index >= 15 is 0 Å². The van der Waals surface area contributed by atoms with Crippen molar-refractivity contribution in [2.24, 2.45) is 0 Å². The zero-order valence-corrected chi connectivity index (χ0v) is 15.8. The maximum atomic E-state index is 12.3. The molecule has 6 nitrogen and oxygen atoms in total. The van der Waals surface area contributed by atoms with Gasteiger partial charge in [0.1, 0.15) is 11.5 Å². The van der Waals surface area contributed by atoms with Crippen molar-refractivity contribution in [1.29, 1.82) is 0 Å². The lowest BCUT2D eigenvalue weighted by molar-refractivity contribution is -0.121. The quantitative estimate of drug-likeness (QED) is 0.547. The molecular weight excluding hydrogens is 368 g/mol. The predicted octanol–water partition coefficient (Wildman–Crippen LogP) is 3.73. The fraction of sp³-hybridized carbons (Fsp3) is 0.130. The Kier molecular flexibility index (Phi) is 6.84. The van der Waals surface area contributed by atoms with Gasteiger partial charge in [-0.1, -0.05) is 36.4 Å². The van der Waals surface area contributed by atoms with Crippen LogP contribution in [0, 0.1) is 0 Å². The van der Waals surface area contributed by atoms with Crippen LogP contribution in [0.1, 0.15) is 22.3 Å². The topological polar surface area (TPSA) is 87.7 Å². The smallest absolute Gasteiger partial charge is 0.255 e. The van der Waals surface area contributed by atoms with Crippen LogP contribution in [0.25, 0.3) is 0 Å². The number of benzene rings is 3. The first-order valence-electron chi connectivity index (χ1n) is 9.24. The molecule has 3 aromatic rings. The van der Waals surface area contributed by atoms with Gasteiger partial charge in [-0.3, -0.25) is 9.59 Å². The van der Waals surface area contributed by atoms with Crippen molar-refractivity contribution >= 4 is 17.5 Å². The number of aromatic hydroxyl groups is 1.